The molecule has 5 nitrogen and oxygen atoms in total. The van der Waals surface area contributed by atoms with Gasteiger partial charge in [0.05, 0.1) is 18.0 Å². The third-order valence-corrected chi connectivity index (χ3v) is 2.74. The fourth-order valence-corrected chi connectivity index (χ4v) is 1.69. The molecule has 0 saturated carbocycles. The van der Waals surface area contributed by atoms with Crippen LogP contribution in [0.4, 0.5) is 10.1 Å². The van der Waals surface area contributed by atoms with Gasteiger partial charge in [-0.1, -0.05) is 12.1 Å². The van der Waals surface area contributed by atoms with Crippen molar-refractivity contribution in [3.8, 4) is 6.07 Å². The minimum atomic E-state index is -0.320. The van der Waals surface area contributed by atoms with E-state index in [-0.39, 0.29) is 18.3 Å². The van der Waals surface area contributed by atoms with Gasteiger partial charge in [0.15, 0.2) is 0 Å². The van der Waals surface area contributed by atoms with Crippen molar-refractivity contribution in [2.75, 3.05) is 5.32 Å². The Labute approximate surface area is 121 Å². The fourth-order valence-electron chi connectivity index (χ4n) is 1.69. The maximum atomic E-state index is 12.8. The molecule has 0 radical (unpaired) electrons. The number of hydrogen-bond acceptors (Lipinski definition) is 3. The van der Waals surface area contributed by atoms with Gasteiger partial charge in [-0.2, -0.15) is 10.4 Å². The van der Waals surface area contributed by atoms with Crippen LogP contribution >= 0.6 is 0 Å². The molecule has 1 aromatic carbocycles. The average Bonchev–Trinajstić information content (AvgIpc) is 2.89. The lowest BCUT2D eigenvalue weighted by atomic mass is 10.1. The summed E-state index contributed by atoms with van der Waals surface area (Å²) in [4.78, 5) is 12.0. The molecular weight excluding hydrogens is 271 g/mol. The molecular formula is C15H13FN4O. The van der Waals surface area contributed by atoms with Crippen molar-refractivity contribution < 1.29 is 9.18 Å². The van der Waals surface area contributed by atoms with E-state index >= 15 is 0 Å². The average molecular weight is 284 g/mol. The molecule has 0 aliphatic rings. The lowest BCUT2D eigenvalue weighted by Gasteiger charge is -2.02. The van der Waals surface area contributed by atoms with Gasteiger partial charge in [0, 0.05) is 11.8 Å². The maximum Gasteiger partial charge on any atom is 0.251 e. The van der Waals surface area contributed by atoms with Crippen LogP contribution in [0.15, 0.2) is 42.2 Å². The van der Waals surface area contributed by atoms with Gasteiger partial charge in [0.2, 0.25) is 0 Å². The molecule has 0 unspecified atom stereocenters. The number of nitriles is 1. The zero-order chi connectivity index (χ0) is 15.2. The Hall–Kier alpha value is -2.94. The van der Waals surface area contributed by atoms with Gasteiger partial charge >= 0.3 is 0 Å². The molecule has 2 rings (SSSR count). The van der Waals surface area contributed by atoms with E-state index in [2.05, 4.69) is 10.4 Å². The van der Waals surface area contributed by atoms with Gasteiger partial charge < -0.3 is 5.32 Å². The highest BCUT2D eigenvalue weighted by Crippen LogP contribution is 2.11. The molecule has 0 aliphatic heterocycles. The predicted octanol–water partition coefficient (Wildman–Crippen LogP) is 2.59. The van der Waals surface area contributed by atoms with Crippen LogP contribution in [-0.2, 0) is 11.3 Å². The first-order valence-corrected chi connectivity index (χ1v) is 6.23. The summed E-state index contributed by atoms with van der Waals surface area (Å²) in [5.41, 5.74) is 1.74. The maximum absolute atomic E-state index is 12.8. The van der Waals surface area contributed by atoms with E-state index in [4.69, 9.17) is 5.26 Å². The number of benzene rings is 1. The Bertz CT molecular complexity index is 710. The summed E-state index contributed by atoms with van der Waals surface area (Å²) in [5.74, 6) is -0.602. The lowest BCUT2D eigenvalue weighted by Crippen LogP contribution is -2.12. The third kappa shape index (κ3) is 4.01. The number of halogens is 1. The Balaban J connectivity index is 2.04. The van der Waals surface area contributed by atoms with Crippen molar-refractivity contribution in [1.82, 2.24) is 9.78 Å². The standard InChI is InChI=1S/C15H13FN4O/c1-11(8-12-2-4-13(16)5-3-12)15(21)19-14-9-18-20(10-14)7-6-17/h2-5,8-10H,7H2,1H3,(H,19,21). The number of amides is 1. The molecule has 6 heteroatoms. The fraction of sp³-hybridized carbons (Fsp3) is 0.133. The van der Waals surface area contributed by atoms with Gasteiger partial charge in [-0.05, 0) is 30.7 Å². The second-order valence-corrected chi connectivity index (χ2v) is 4.42. The summed E-state index contributed by atoms with van der Waals surface area (Å²) >= 11 is 0. The second-order valence-electron chi connectivity index (χ2n) is 4.42. The zero-order valence-corrected chi connectivity index (χ0v) is 11.4. The normalized spacial score (nSPS) is 11.0. The highest BCUT2D eigenvalue weighted by atomic mass is 19.1. The van der Waals surface area contributed by atoms with Crippen LogP contribution in [0.2, 0.25) is 0 Å². The molecule has 106 valence electrons. The Morgan fingerprint density at radius 2 is 2.19 bits per heavy atom. The van der Waals surface area contributed by atoms with E-state index in [1.165, 1.54) is 23.0 Å². The van der Waals surface area contributed by atoms with Crippen LogP contribution < -0.4 is 5.32 Å². The second kappa shape index (κ2) is 6.48. The first-order valence-electron chi connectivity index (χ1n) is 6.23. The van der Waals surface area contributed by atoms with Crippen molar-refractivity contribution in [2.24, 2.45) is 0 Å². The van der Waals surface area contributed by atoms with Crippen molar-refractivity contribution in [3.63, 3.8) is 0 Å². The Morgan fingerprint density at radius 1 is 1.48 bits per heavy atom. The van der Waals surface area contributed by atoms with Crippen molar-refractivity contribution in [3.05, 3.63) is 53.6 Å². The molecule has 1 amide bonds. The van der Waals surface area contributed by atoms with Crippen molar-refractivity contribution in [1.29, 1.82) is 5.26 Å². The Kier molecular flexibility index (Phi) is 4.46. The lowest BCUT2D eigenvalue weighted by molar-refractivity contribution is -0.112. The molecule has 1 N–H and O–H groups in total. The monoisotopic (exact) mass is 284 g/mol. The van der Waals surface area contributed by atoms with Crippen LogP contribution in [-0.4, -0.2) is 15.7 Å². The van der Waals surface area contributed by atoms with E-state index in [9.17, 15) is 9.18 Å². The first-order chi connectivity index (χ1) is 10.1. The molecule has 0 saturated heterocycles. The summed E-state index contributed by atoms with van der Waals surface area (Å²) < 4.78 is 14.2. The highest BCUT2D eigenvalue weighted by Gasteiger charge is 2.07. The summed E-state index contributed by atoms with van der Waals surface area (Å²) in [6, 6.07) is 7.82. The SMILES string of the molecule is CC(=Cc1ccc(F)cc1)C(=O)Nc1cnn(CC#N)c1. The number of carbonyl (C=O) groups excluding carboxylic acids is 1. The first kappa shape index (κ1) is 14.5. The molecule has 0 aliphatic carbocycles. The summed E-state index contributed by atoms with van der Waals surface area (Å²) in [5, 5.41) is 15.2. The minimum Gasteiger partial charge on any atom is -0.320 e. The number of nitrogens with one attached hydrogen (secondary N) is 1. The van der Waals surface area contributed by atoms with Crippen LogP contribution in [0.25, 0.3) is 6.08 Å². The topological polar surface area (TPSA) is 70.7 Å². The van der Waals surface area contributed by atoms with Crippen LogP contribution in [0.3, 0.4) is 0 Å². The molecule has 2 aromatic rings. The van der Waals surface area contributed by atoms with Gasteiger partial charge in [-0.3, -0.25) is 9.48 Å². The quantitative estimate of drug-likeness (QED) is 0.877. The molecule has 0 spiro atoms. The van der Waals surface area contributed by atoms with Crippen molar-refractivity contribution >= 4 is 17.7 Å². The predicted molar refractivity (Wildman–Crippen MR) is 76.5 cm³/mol. The highest BCUT2D eigenvalue weighted by molar-refractivity contribution is 6.06. The van der Waals surface area contributed by atoms with Gasteiger partial charge in [-0.25, -0.2) is 4.39 Å². The van der Waals surface area contributed by atoms with Gasteiger partial charge in [0.25, 0.3) is 5.91 Å². The summed E-state index contributed by atoms with van der Waals surface area (Å²) in [6.07, 6.45) is 4.71. The number of rotatable bonds is 4. The molecule has 0 atom stereocenters. The number of carbonyl (C=O) groups is 1. The molecule has 1 heterocycles. The molecule has 0 bridgehead atoms. The van der Waals surface area contributed by atoms with E-state index in [0.29, 0.717) is 11.3 Å². The smallest absolute Gasteiger partial charge is 0.251 e. The summed E-state index contributed by atoms with van der Waals surface area (Å²) in [6.45, 7) is 1.79. The largest absolute Gasteiger partial charge is 0.320 e. The molecule has 1 aromatic heterocycles. The van der Waals surface area contributed by atoms with E-state index in [1.54, 1.807) is 31.3 Å². The number of aromatic nitrogens is 2. The van der Waals surface area contributed by atoms with Crippen LogP contribution in [0, 0.1) is 17.1 Å². The van der Waals surface area contributed by atoms with Gasteiger partial charge in [0.1, 0.15) is 12.4 Å². The molecule has 0 fully saturated rings. The minimum absolute atomic E-state index is 0.125. The number of anilines is 1. The Morgan fingerprint density at radius 3 is 2.86 bits per heavy atom. The van der Waals surface area contributed by atoms with E-state index in [0.717, 1.165) is 5.56 Å². The number of hydrogen-bond donors (Lipinski definition) is 1. The zero-order valence-electron chi connectivity index (χ0n) is 11.4. The van der Waals surface area contributed by atoms with Crippen LogP contribution in [0.5, 0.6) is 0 Å². The van der Waals surface area contributed by atoms with Crippen LogP contribution in [0.1, 0.15) is 12.5 Å². The van der Waals surface area contributed by atoms with E-state index in [1.807, 2.05) is 6.07 Å². The molecule has 21 heavy (non-hydrogen) atoms. The summed E-state index contributed by atoms with van der Waals surface area (Å²) in [7, 11) is 0. The number of nitrogens with zero attached hydrogens (tertiary/aromatic N) is 3. The van der Waals surface area contributed by atoms with Crippen molar-refractivity contribution in [2.45, 2.75) is 13.5 Å². The third-order valence-electron chi connectivity index (χ3n) is 2.74. The van der Waals surface area contributed by atoms with Gasteiger partial charge in [-0.15, -0.1) is 0 Å². The van der Waals surface area contributed by atoms with E-state index < -0.39 is 0 Å².